The van der Waals surface area contributed by atoms with Gasteiger partial charge in [0.05, 0.1) is 11.0 Å². The van der Waals surface area contributed by atoms with E-state index in [4.69, 9.17) is 4.74 Å². The summed E-state index contributed by atoms with van der Waals surface area (Å²) >= 11 is 0. The van der Waals surface area contributed by atoms with Crippen LogP contribution in [-0.2, 0) is 9.53 Å². The predicted molar refractivity (Wildman–Crippen MR) is 81.3 cm³/mol. The fraction of sp³-hybridized carbons (Fsp3) is 0.267. The lowest BCUT2D eigenvalue weighted by Gasteiger charge is -2.17. The Morgan fingerprint density at radius 2 is 2.14 bits per heavy atom. The van der Waals surface area contributed by atoms with E-state index in [9.17, 15) is 14.9 Å². The van der Waals surface area contributed by atoms with E-state index >= 15 is 0 Å². The highest BCUT2D eigenvalue weighted by atomic mass is 16.6. The Morgan fingerprint density at radius 1 is 1.48 bits per heavy atom. The molecule has 0 aliphatic rings. The molecule has 1 rings (SSSR count). The molecule has 0 radical (unpaired) electrons. The summed E-state index contributed by atoms with van der Waals surface area (Å²) < 4.78 is 5.00. The molecule has 112 valence electrons. The van der Waals surface area contributed by atoms with Crippen molar-refractivity contribution in [3.63, 3.8) is 0 Å². The highest BCUT2D eigenvalue weighted by molar-refractivity contribution is 5.81. The number of anilines is 1. The van der Waals surface area contributed by atoms with Crippen LogP contribution in [0.1, 0.15) is 18.9 Å². The van der Waals surface area contributed by atoms with Crippen molar-refractivity contribution in [1.29, 1.82) is 0 Å². The minimum atomic E-state index is -0.507. The van der Waals surface area contributed by atoms with Gasteiger partial charge in [-0.3, -0.25) is 10.1 Å². The van der Waals surface area contributed by atoms with Crippen molar-refractivity contribution in [2.75, 3.05) is 11.9 Å². The first-order valence-electron chi connectivity index (χ1n) is 6.52. The van der Waals surface area contributed by atoms with E-state index in [0.29, 0.717) is 0 Å². The first-order valence-corrected chi connectivity index (χ1v) is 6.52. The van der Waals surface area contributed by atoms with Crippen molar-refractivity contribution in [3.05, 3.63) is 58.8 Å². The molecule has 0 heterocycles. The number of carbonyl (C=O) groups excluding carboxylic acids is 1. The molecule has 0 aliphatic carbocycles. The number of rotatable bonds is 8. The topological polar surface area (TPSA) is 81.5 Å². The van der Waals surface area contributed by atoms with Gasteiger partial charge in [-0.25, -0.2) is 4.79 Å². The second-order valence-corrected chi connectivity index (χ2v) is 4.31. The first-order chi connectivity index (χ1) is 10.0. The average Bonchev–Trinajstić information content (AvgIpc) is 2.50. The Hall–Kier alpha value is -2.63. The molecule has 0 spiro atoms. The zero-order chi connectivity index (χ0) is 15.7. The number of hydrogen-bond donors (Lipinski definition) is 1. The summed E-state index contributed by atoms with van der Waals surface area (Å²) in [6.07, 6.45) is 4.23. The molecular formula is C15H18N2O4. The number of nitrogens with zero attached hydrogens (tertiary/aromatic N) is 1. The molecular weight excluding hydrogens is 272 g/mol. The van der Waals surface area contributed by atoms with Crippen molar-refractivity contribution in [1.82, 2.24) is 0 Å². The summed E-state index contributed by atoms with van der Waals surface area (Å²) in [5, 5.41) is 13.5. The van der Waals surface area contributed by atoms with Gasteiger partial charge in [-0.05, 0) is 24.1 Å². The van der Waals surface area contributed by atoms with Crippen LogP contribution in [0.3, 0.4) is 0 Å². The third-order valence-electron chi connectivity index (χ3n) is 2.76. The molecule has 1 atom stereocenters. The number of hydrogen-bond acceptors (Lipinski definition) is 5. The van der Waals surface area contributed by atoms with Crippen molar-refractivity contribution < 1.29 is 14.5 Å². The molecule has 1 aromatic rings. The lowest BCUT2D eigenvalue weighted by Crippen LogP contribution is -2.25. The molecule has 0 fully saturated rings. The fourth-order valence-corrected chi connectivity index (χ4v) is 1.58. The van der Waals surface area contributed by atoms with Gasteiger partial charge in [-0.15, -0.1) is 0 Å². The molecule has 0 amide bonds. The van der Waals surface area contributed by atoms with Crippen LogP contribution in [0.5, 0.6) is 0 Å². The summed E-state index contributed by atoms with van der Waals surface area (Å²) in [5.74, 6) is -0.449. The Bertz CT molecular complexity index is 523. The first kappa shape index (κ1) is 16.4. The van der Waals surface area contributed by atoms with E-state index in [1.165, 1.54) is 6.08 Å². The molecule has 0 aromatic heterocycles. The Kier molecular flexibility index (Phi) is 6.67. The number of carbonyl (C=O) groups is 1. The highest BCUT2D eigenvalue weighted by Gasteiger charge is 2.08. The van der Waals surface area contributed by atoms with Gasteiger partial charge >= 0.3 is 5.97 Å². The minimum absolute atomic E-state index is 0.00549. The van der Waals surface area contributed by atoms with Gasteiger partial charge in [0.1, 0.15) is 6.61 Å². The van der Waals surface area contributed by atoms with Crippen LogP contribution in [-0.4, -0.2) is 23.5 Å². The van der Waals surface area contributed by atoms with E-state index in [0.717, 1.165) is 29.9 Å². The van der Waals surface area contributed by atoms with Gasteiger partial charge in [-0.1, -0.05) is 25.6 Å². The van der Waals surface area contributed by atoms with E-state index in [1.54, 1.807) is 12.1 Å². The van der Waals surface area contributed by atoms with Gasteiger partial charge in [0, 0.05) is 17.8 Å². The van der Waals surface area contributed by atoms with Crippen molar-refractivity contribution in [3.8, 4) is 0 Å². The third kappa shape index (κ3) is 6.38. The lowest BCUT2D eigenvalue weighted by molar-refractivity contribution is -0.400. The van der Waals surface area contributed by atoms with Crippen LogP contribution in [0.2, 0.25) is 0 Å². The largest absolute Gasteiger partial charge is 0.460 e. The van der Waals surface area contributed by atoms with Crippen LogP contribution in [0.25, 0.3) is 6.08 Å². The smallest absolute Gasteiger partial charge is 0.330 e. The van der Waals surface area contributed by atoms with Crippen molar-refractivity contribution in [2.45, 2.75) is 19.4 Å². The Labute approximate surface area is 123 Å². The van der Waals surface area contributed by atoms with Gasteiger partial charge in [0.2, 0.25) is 6.20 Å². The molecule has 0 bridgehead atoms. The molecule has 1 aromatic carbocycles. The normalized spacial score (nSPS) is 11.9. The van der Waals surface area contributed by atoms with Crippen LogP contribution in [0.15, 0.2) is 43.1 Å². The standard InChI is InChI=1S/C15H18N2O4/c1-3-13(11-21-15(18)4-2)16-14-7-5-12(6-8-14)9-10-17(19)20/h4-10,13,16H,2-3,11H2,1H3. The van der Waals surface area contributed by atoms with E-state index in [1.807, 2.05) is 19.1 Å². The zero-order valence-electron chi connectivity index (χ0n) is 11.8. The molecule has 0 saturated heterocycles. The summed E-state index contributed by atoms with van der Waals surface area (Å²) in [7, 11) is 0. The highest BCUT2D eigenvalue weighted by Crippen LogP contribution is 2.13. The number of benzene rings is 1. The van der Waals surface area contributed by atoms with Gasteiger partial charge in [-0.2, -0.15) is 0 Å². The third-order valence-corrected chi connectivity index (χ3v) is 2.76. The van der Waals surface area contributed by atoms with Crippen molar-refractivity contribution in [2.24, 2.45) is 0 Å². The summed E-state index contributed by atoms with van der Waals surface area (Å²) in [5.41, 5.74) is 1.60. The zero-order valence-corrected chi connectivity index (χ0v) is 11.8. The van der Waals surface area contributed by atoms with E-state index in [-0.39, 0.29) is 12.6 Å². The maximum absolute atomic E-state index is 11.0. The average molecular weight is 290 g/mol. The molecule has 6 heteroatoms. The number of nitro groups is 1. The Morgan fingerprint density at radius 3 is 2.67 bits per heavy atom. The maximum Gasteiger partial charge on any atom is 0.330 e. The Balaban J connectivity index is 2.58. The number of esters is 1. The second kappa shape index (κ2) is 8.52. The molecule has 21 heavy (non-hydrogen) atoms. The molecule has 6 nitrogen and oxygen atoms in total. The molecule has 1 unspecified atom stereocenters. The summed E-state index contributed by atoms with van der Waals surface area (Å²) in [6, 6.07) is 7.17. The number of nitrogens with one attached hydrogen (secondary N) is 1. The van der Waals surface area contributed by atoms with Gasteiger partial charge in [0.15, 0.2) is 0 Å². The van der Waals surface area contributed by atoms with Crippen LogP contribution < -0.4 is 5.32 Å². The van der Waals surface area contributed by atoms with Crippen LogP contribution >= 0.6 is 0 Å². The molecule has 0 saturated carbocycles. The van der Waals surface area contributed by atoms with Crippen LogP contribution in [0, 0.1) is 10.1 Å². The number of ether oxygens (including phenoxy) is 1. The van der Waals surface area contributed by atoms with Crippen LogP contribution in [0.4, 0.5) is 5.69 Å². The molecule has 1 N–H and O–H groups in total. The lowest BCUT2D eigenvalue weighted by atomic mass is 10.1. The second-order valence-electron chi connectivity index (χ2n) is 4.31. The predicted octanol–water partition coefficient (Wildman–Crippen LogP) is 2.85. The monoisotopic (exact) mass is 290 g/mol. The SMILES string of the molecule is C=CC(=O)OCC(CC)Nc1ccc(C=C[N+](=O)[O-])cc1. The molecule has 0 aliphatic heterocycles. The van der Waals surface area contributed by atoms with Gasteiger partial charge < -0.3 is 10.1 Å². The minimum Gasteiger partial charge on any atom is -0.460 e. The van der Waals surface area contributed by atoms with E-state index in [2.05, 4.69) is 11.9 Å². The summed E-state index contributed by atoms with van der Waals surface area (Å²) in [6.45, 7) is 5.57. The van der Waals surface area contributed by atoms with Crippen molar-refractivity contribution >= 4 is 17.7 Å². The van der Waals surface area contributed by atoms with E-state index < -0.39 is 10.9 Å². The fourth-order valence-electron chi connectivity index (χ4n) is 1.58. The van der Waals surface area contributed by atoms with Gasteiger partial charge in [0.25, 0.3) is 0 Å². The summed E-state index contributed by atoms with van der Waals surface area (Å²) in [4.78, 5) is 20.8. The quantitative estimate of drug-likeness (QED) is 0.344. The maximum atomic E-state index is 11.0.